The molecule has 10 heteroatoms. The van der Waals surface area contributed by atoms with Crippen molar-refractivity contribution in [1.29, 1.82) is 0 Å². The van der Waals surface area contributed by atoms with Crippen molar-refractivity contribution < 1.29 is 27.2 Å². The number of carbonyl (C=O) groups is 1. The number of hydrogen-bond donors (Lipinski definition) is 2. The molecule has 0 bridgehead atoms. The van der Waals surface area contributed by atoms with Crippen molar-refractivity contribution in [2.45, 2.75) is 25.3 Å². The molecule has 0 aliphatic carbocycles. The molecule has 1 amide bonds. The maximum atomic E-state index is 14.4. The highest BCUT2D eigenvalue weighted by Gasteiger charge is 2.56. The second kappa shape index (κ2) is 6.04. The minimum atomic E-state index is -3.51. The van der Waals surface area contributed by atoms with Crippen LogP contribution in [0.3, 0.4) is 0 Å². The predicted octanol–water partition coefficient (Wildman–Crippen LogP) is 2.57. The quantitative estimate of drug-likeness (QED) is 0.867. The van der Waals surface area contributed by atoms with Gasteiger partial charge in [-0.25, -0.2) is 9.38 Å². The zero-order valence-electron chi connectivity index (χ0n) is 13.8. The SMILES string of the molecule is Cc1conc1C(=O)Nc1ccc(F)c(C2(C)N=C(N)OCC2(F)F)c1. The van der Waals surface area contributed by atoms with Gasteiger partial charge >= 0.3 is 5.92 Å². The first kappa shape index (κ1) is 17.8. The second-order valence-corrected chi connectivity index (χ2v) is 6.01. The first-order chi connectivity index (χ1) is 12.1. The Hall–Kier alpha value is -3.04. The van der Waals surface area contributed by atoms with E-state index in [1.165, 1.54) is 12.3 Å². The van der Waals surface area contributed by atoms with Gasteiger partial charge in [0.15, 0.2) is 17.8 Å². The summed E-state index contributed by atoms with van der Waals surface area (Å²) < 4.78 is 52.4. The van der Waals surface area contributed by atoms with E-state index < -0.39 is 41.4 Å². The summed E-state index contributed by atoms with van der Waals surface area (Å²) in [5.41, 5.74) is 3.30. The maximum Gasteiger partial charge on any atom is 0.310 e. The van der Waals surface area contributed by atoms with Crippen LogP contribution < -0.4 is 11.1 Å². The fraction of sp³-hybridized carbons (Fsp3) is 0.312. The van der Waals surface area contributed by atoms with E-state index in [9.17, 15) is 18.0 Å². The molecule has 0 spiro atoms. The number of alkyl halides is 2. The highest BCUT2D eigenvalue weighted by Crippen LogP contribution is 2.44. The lowest BCUT2D eigenvalue weighted by molar-refractivity contribution is -0.117. The lowest BCUT2D eigenvalue weighted by Crippen LogP contribution is -2.51. The van der Waals surface area contributed by atoms with Gasteiger partial charge in [0.25, 0.3) is 11.9 Å². The summed E-state index contributed by atoms with van der Waals surface area (Å²) >= 11 is 0. The number of amidine groups is 1. The van der Waals surface area contributed by atoms with Gasteiger partial charge in [0.2, 0.25) is 0 Å². The van der Waals surface area contributed by atoms with Crippen molar-refractivity contribution in [2.24, 2.45) is 10.7 Å². The molecule has 138 valence electrons. The number of amides is 1. The van der Waals surface area contributed by atoms with E-state index in [2.05, 4.69) is 24.7 Å². The third-order valence-electron chi connectivity index (χ3n) is 4.16. The molecule has 1 aliphatic heterocycles. The Labute approximate surface area is 146 Å². The third-order valence-corrected chi connectivity index (χ3v) is 4.16. The van der Waals surface area contributed by atoms with Gasteiger partial charge in [-0.05, 0) is 32.0 Å². The van der Waals surface area contributed by atoms with Gasteiger partial charge in [-0.15, -0.1) is 0 Å². The molecule has 7 nitrogen and oxygen atoms in total. The number of anilines is 1. The average Bonchev–Trinajstić information content (AvgIpc) is 2.99. The van der Waals surface area contributed by atoms with Crippen LogP contribution in [0.5, 0.6) is 0 Å². The Morgan fingerprint density at radius 3 is 2.77 bits per heavy atom. The fourth-order valence-corrected chi connectivity index (χ4v) is 2.57. The molecule has 0 saturated carbocycles. The number of nitrogens with one attached hydrogen (secondary N) is 1. The standard InChI is InChI=1S/C16H15F3N4O3/c1-8-6-26-23-12(8)13(24)21-9-3-4-11(17)10(5-9)15(2)16(18,19)7-25-14(20)22-15/h3-6H,7H2,1-2H3,(H2,20,22)(H,21,24). The van der Waals surface area contributed by atoms with Gasteiger partial charge in [-0.3, -0.25) is 4.79 Å². The topological polar surface area (TPSA) is 103 Å². The third kappa shape index (κ3) is 2.87. The van der Waals surface area contributed by atoms with E-state index in [0.29, 0.717) is 5.56 Å². The van der Waals surface area contributed by atoms with Crippen molar-refractivity contribution in [3.63, 3.8) is 0 Å². The van der Waals surface area contributed by atoms with Crippen molar-refractivity contribution >= 4 is 17.6 Å². The Bertz CT molecular complexity index is 897. The molecule has 1 aliphatic rings. The normalized spacial score (nSPS) is 21.7. The van der Waals surface area contributed by atoms with Crippen molar-refractivity contribution in [3.8, 4) is 0 Å². The molecule has 2 aromatic rings. The number of benzene rings is 1. The van der Waals surface area contributed by atoms with Crippen molar-refractivity contribution in [3.05, 3.63) is 47.1 Å². The zero-order chi connectivity index (χ0) is 19.1. The summed E-state index contributed by atoms with van der Waals surface area (Å²) in [5.74, 6) is -5.05. The number of carbonyl (C=O) groups excluding carboxylic acids is 1. The molecule has 3 N–H and O–H groups in total. The van der Waals surface area contributed by atoms with Gasteiger partial charge < -0.3 is 20.3 Å². The first-order valence-electron chi connectivity index (χ1n) is 7.52. The van der Waals surface area contributed by atoms with Crippen LogP contribution in [0, 0.1) is 12.7 Å². The summed E-state index contributed by atoms with van der Waals surface area (Å²) in [5, 5.41) is 6.02. The minimum absolute atomic E-state index is 0.0285. The number of aromatic nitrogens is 1. The molecule has 1 unspecified atom stereocenters. The summed E-state index contributed by atoms with van der Waals surface area (Å²) in [6.45, 7) is 1.63. The maximum absolute atomic E-state index is 14.4. The lowest BCUT2D eigenvalue weighted by Gasteiger charge is -2.37. The molecule has 2 heterocycles. The van der Waals surface area contributed by atoms with Crippen LogP contribution >= 0.6 is 0 Å². The molecular weight excluding hydrogens is 353 g/mol. The van der Waals surface area contributed by atoms with E-state index in [1.54, 1.807) is 6.92 Å². The molecule has 1 atom stereocenters. The molecule has 0 saturated heterocycles. The smallest absolute Gasteiger partial charge is 0.310 e. The molecule has 1 aromatic heterocycles. The van der Waals surface area contributed by atoms with Gasteiger partial charge in [-0.2, -0.15) is 8.78 Å². The zero-order valence-corrected chi connectivity index (χ0v) is 13.8. The molecule has 0 radical (unpaired) electrons. The van der Waals surface area contributed by atoms with Gasteiger partial charge in [0.1, 0.15) is 12.1 Å². The summed E-state index contributed by atoms with van der Waals surface area (Å²) in [7, 11) is 0. The molecule has 1 aromatic carbocycles. The number of aryl methyl sites for hydroxylation is 1. The first-order valence-corrected chi connectivity index (χ1v) is 7.52. The van der Waals surface area contributed by atoms with E-state index >= 15 is 0 Å². The van der Waals surface area contributed by atoms with Crippen LogP contribution in [0.4, 0.5) is 18.9 Å². The molecule has 3 rings (SSSR count). The molecule has 26 heavy (non-hydrogen) atoms. The van der Waals surface area contributed by atoms with Crippen molar-refractivity contribution in [1.82, 2.24) is 5.16 Å². The number of hydrogen-bond acceptors (Lipinski definition) is 6. The van der Waals surface area contributed by atoms with Crippen LogP contribution in [-0.2, 0) is 10.3 Å². The number of aliphatic imine (C=N–C) groups is 1. The molecule has 0 fully saturated rings. The molecular formula is C16H15F3N4O3. The monoisotopic (exact) mass is 368 g/mol. The Morgan fingerprint density at radius 1 is 1.38 bits per heavy atom. The Kier molecular flexibility index (Phi) is 4.13. The van der Waals surface area contributed by atoms with Crippen LogP contribution in [0.15, 0.2) is 34.0 Å². The van der Waals surface area contributed by atoms with Crippen LogP contribution in [0.2, 0.25) is 0 Å². The predicted molar refractivity (Wildman–Crippen MR) is 85.5 cm³/mol. The van der Waals surface area contributed by atoms with Gasteiger partial charge in [0, 0.05) is 16.8 Å². The fourth-order valence-electron chi connectivity index (χ4n) is 2.57. The second-order valence-electron chi connectivity index (χ2n) is 6.01. The number of nitrogens with zero attached hydrogens (tertiary/aromatic N) is 2. The summed E-state index contributed by atoms with van der Waals surface area (Å²) in [4.78, 5) is 15.8. The Morgan fingerprint density at radius 2 is 2.12 bits per heavy atom. The number of halogens is 3. The van der Waals surface area contributed by atoms with Crippen molar-refractivity contribution in [2.75, 3.05) is 11.9 Å². The van der Waals surface area contributed by atoms with Gasteiger partial charge in [-0.1, -0.05) is 5.16 Å². The van der Waals surface area contributed by atoms with E-state index in [4.69, 9.17) is 5.73 Å². The number of nitrogens with two attached hydrogens (primary N) is 1. The largest absolute Gasteiger partial charge is 0.459 e. The highest BCUT2D eigenvalue weighted by molar-refractivity contribution is 6.03. The Balaban J connectivity index is 1.99. The average molecular weight is 368 g/mol. The summed E-state index contributed by atoms with van der Waals surface area (Å²) in [6, 6.07) is 2.81. The lowest BCUT2D eigenvalue weighted by atomic mass is 9.85. The van der Waals surface area contributed by atoms with Crippen LogP contribution in [0.1, 0.15) is 28.5 Å². The summed E-state index contributed by atoms with van der Waals surface area (Å²) in [6.07, 6.45) is 1.28. The highest BCUT2D eigenvalue weighted by atomic mass is 19.3. The van der Waals surface area contributed by atoms with Crippen LogP contribution in [0.25, 0.3) is 0 Å². The van der Waals surface area contributed by atoms with E-state index in [1.807, 2.05) is 0 Å². The van der Waals surface area contributed by atoms with E-state index in [-0.39, 0.29) is 11.4 Å². The number of rotatable bonds is 3. The van der Waals surface area contributed by atoms with Gasteiger partial charge in [0.05, 0.1) is 0 Å². The minimum Gasteiger partial charge on any atom is -0.459 e. The van der Waals surface area contributed by atoms with Crippen LogP contribution in [-0.4, -0.2) is 29.6 Å². The van der Waals surface area contributed by atoms with E-state index in [0.717, 1.165) is 19.1 Å². The number of ether oxygens (including phenoxy) is 1.